The molecule has 0 aromatic heterocycles. The molecule has 1 aliphatic rings. The summed E-state index contributed by atoms with van der Waals surface area (Å²) in [6.07, 6.45) is 0. The summed E-state index contributed by atoms with van der Waals surface area (Å²) in [5.74, 6) is -1.43. The predicted octanol–water partition coefficient (Wildman–Crippen LogP) is 2.89. The molecule has 0 aliphatic carbocycles. The minimum Gasteiger partial charge on any atom is -0.494 e. The third-order valence-corrected chi connectivity index (χ3v) is 4.45. The molecule has 2 aromatic rings. The Labute approximate surface area is 173 Å². The van der Waals surface area contributed by atoms with Crippen LogP contribution in [0, 0.1) is 0 Å². The van der Waals surface area contributed by atoms with E-state index in [-0.39, 0.29) is 28.6 Å². The van der Waals surface area contributed by atoms with Crippen LogP contribution < -0.4 is 10.1 Å². The highest BCUT2D eigenvalue weighted by Crippen LogP contribution is 2.26. The summed E-state index contributed by atoms with van der Waals surface area (Å²) >= 11 is 0. The summed E-state index contributed by atoms with van der Waals surface area (Å²) in [5.41, 5.74) is 1.03. The highest BCUT2D eigenvalue weighted by molar-refractivity contribution is 6.22. The first kappa shape index (κ1) is 21.0. The molecule has 0 unspecified atom stereocenters. The van der Waals surface area contributed by atoms with E-state index in [1.807, 2.05) is 6.92 Å². The number of benzene rings is 2. The normalized spacial score (nSPS) is 12.7. The van der Waals surface area contributed by atoms with Gasteiger partial charge in [-0.1, -0.05) is 0 Å². The van der Waals surface area contributed by atoms with Crippen molar-refractivity contribution in [3.8, 4) is 5.75 Å². The molecule has 2 aromatic carbocycles. The van der Waals surface area contributed by atoms with E-state index < -0.39 is 24.4 Å². The van der Waals surface area contributed by atoms with E-state index in [4.69, 9.17) is 9.47 Å². The van der Waals surface area contributed by atoms with E-state index in [0.717, 1.165) is 4.90 Å². The van der Waals surface area contributed by atoms with E-state index in [1.54, 1.807) is 38.1 Å². The van der Waals surface area contributed by atoms with Crippen molar-refractivity contribution in [1.29, 1.82) is 0 Å². The number of rotatable bonds is 7. The second kappa shape index (κ2) is 8.77. The fourth-order valence-electron chi connectivity index (χ4n) is 3.07. The van der Waals surface area contributed by atoms with Crippen molar-refractivity contribution in [2.75, 3.05) is 18.5 Å². The Morgan fingerprint density at radius 1 is 1.00 bits per heavy atom. The van der Waals surface area contributed by atoms with Gasteiger partial charge in [0, 0.05) is 11.7 Å². The molecule has 0 radical (unpaired) electrons. The minimum atomic E-state index is -0.761. The Morgan fingerprint density at radius 3 is 2.30 bits per heavy atom. The number of amides is 3. The molecule has 0 fully saturated rings. The molecule has 156 valence electrons. The SMILES string of the molecule is CCOc1ccc(NC(=O)COC(=O)c2ccc3c(c2)C(=O)N(C(C)C)C3=O)cc1. The molecule has 3 rings (SSSR count). The quantitative estimate of drug-likeness (QED) is 0.556. The van der Waals surface area contributed by atoms with Gasteiger partial charge in [-0.2, -0.15) is 0 Å². The summed E-state index contributed by atoms with van der Waals surface area (Å²) in [5, 5.41) is 2.61. The number of esters is 1. The zero-order chi connectivity index (χ0) is 21.8. The minimum absolute atomic E-state index is 0.0920. The first-order valence-corrected chi connectivity index (χ1v) is 9.53. The van der Waals surface area contributed by atoms with Crippen LogP contribution in [0.5, 0.6) is 5.75 Å². The van der Waals surface area contributed by atoms with Crippen LogP contribution in [0.3, 0.4) is 0 Å². The third kappa shape index (κ3) is 4.32. The van der Waals surface area contributed by atoms with Crippen molar-refractivity contribution in [3.63, 3.8) is 0 Å². The first-order valence-electron chi connectivity index (χ1n) is 9.53. The van der Waals surface area contributed by atoms with Gasteiger partial charge in [0.2, 0.25) is 0 Å². The number of carbonyl (C=O) groups is 4. The molecule has 1 aliphatic heterocycles. The van der Waals surface area contributed by atoms with E-state index in [1.165, 1.54) is 18.2 Å². The smallest absolute Gasteiger partial charge is 0.338 e. The average Bonchev–Trinajstić information content (AvgIpc) is 2.97. The maximum Gasteiger partial charge on any atom is 0.338 e. The number of imide groups is 1. The van der Waals surface area contributed by atoms with E-state index in [0.29, 0.717) is 18.0 Å². The van der Waals surface area contributed by atoms with Gasteiger partial charge < -0.3 is 14.8 Å². The molecule has 3 amide bonds. The zero-order valence-electron chi connectivity index (χ0n) is 16.9. The topological polar surface area (TPSA) is 102 Å². The van der Waals surface area contributed by atoms with Crippen LogP contribution in [0.25, 0.3) is 0 Å². The number of nitrogens with zero attached hydrogens (tertiary/aromatic N) is 1. The molecule has 1 heterocycles. The fourth-order valence-corrected chi connectivity index (χ4v) is 3.07. The number of nitrogens with one attached hydrogen (secondary N) is 1. The van der Waals surface area contributed by atoms with E-state index in [9.17, 15) is 19.2 Å². The van der Waals surface area contributed by atoms with Crippen LogP contribution in [0.2, 0.25) is 0 Å². The largest absolute Gasteiger partial charge is 0.494 e. The molecule has 0 spiro atoms. The van der Waals surface area contributed by atoms with Crippen molar-refractivity contribution >= 4 is 29.4 Å². The van der Waals surface area contributed by atoms with E-state index >= 15 is 0 Å². The van der Waals surface area contributed by atoms with Gasteiger partial charge in [0.25, 0.3) is 17.7 Å². The van der Waals surface area contributed by atoms with Crippen molar-refractivity contribution in [2.45, 2.75) is 26.8 Å². The highest BCUT2D eigenvalue weighted by Gasteiger charge is 2.37. The standard InChI is InChI=1S/C22H22N2O6/c1-4-29-16-8-6-15(7-9-16)23-19(25)12-30-22(28)14-5-10-17-18(11-14)21(27)24(13(2)3)20(17)26/h5-11,13H,4,12H2,1-3H3,(H,23,25). The number of anilines is 1. The molecule has 0 saturated carbocycles. The van der Waals surface area contributed by atoms with Gasteiger partial charge in [-0.05, 0) is 63.2 Å². The van der Waals surface area contributed by atoms with Gasteiger partial charge >= 0.3 is 5.97 Å². The predicted molar refractivity (Wildman–Crippen MR) is 109 cm³/mol. The van der Waals surface area contributed by atoms with Crippen molar-refractivity contribution in [2.24, 2.45) is 0 Å². The lowest BCUT2D eigenvalue weighted by Crippen LogP contribution is -2.35. The molecule has 1 N–H and O–H groups in total. The van der Waals surface area contributed by atoms with Crippen molar-refractivity contribution < 1.29 is 28.7 Å². The number of hydrogen-bond acceptors (Lipinski definition) is 6. The summed E-state index contributed by atoms with van der Waals surface area (Å²) in [6, 6.07) is 10.6. The van der Waals surface area contributed by atoms with Gasteiger partial charge in [0.05, 0.1) is 23.3 Å². The van der Waals surface area contributed by atoms with Crippen LogP contribution in [-0.4, -0.2) is 47.8 Å². The Bertz CT molecular complexity index is 997. The Kier molecular flexibility index (Phi) is 6.15. The molecular formula is C22H22N2O6. The zero-order valence-corrected chi connectivity index (χ0v) is 16.9. The molecule has 0 saturated heterocycles. The van der Waals surface area contributed by atoms with Crippen molar-refractivity contribution in [3.05, 3.63) is 59.2 Å². The molecule has 0 atom stereocenters. The van der Waals surface area contributed by atoms with Gasteiger partial charge in [-0.15, -0.1) is 0 Å². The van der Waals surface area contributed by atoms with Gasteiger partial charge in [0.15, 0.2) is 6.61 Å². The van der Waals surface area contributed by atoms with Crippen LogP contribution in [0.1, 0.15) is 51.8 Å². The van der Waals surface area contributed by atoms with Crippen LogP contribution in [0.4, 0.5) is 5.69 Å². The van der Waals surface area contributed by atoms with Gasteiger partial charge in [-0.25, -0.2) is 4.79 Å². The molecule has 0 bridgehead atoms. The number of carbonyl (C=O) groups excluding carboxylic acids is 4. The van der Waals surface area contributed by atoms with Gasteiger partial charge in [0.1, 0.15) is 5.75 Å². The molecular weight excluding hydrogens is 388 g/mol. The summed E-state index contributed by atoms with van der Waals surface area (Å²) in [4.78, 5) is 50.2. The second-order valence-electron chi connectivity index (χ2n) is 6.92. The van der Waals surface area contributed by atoms with Crippen LogP contribution >= 0.6 is 0 Å². The lowest BCUT2D eigenvalue weighted by atomic mass is 10.1. The Hall–Kier alpha value is -3.68. The molecule has 8 heteroatoms. The maximum atomic E-state index is 12.4. The second-order valence-corrected chi connectivity index (χ2v) is 6.92. The number of ether oxygens (including phenoxy) is 2. The highest BCUT2D eigenvalue weighted by atomic mass is 16.5. The summed E-state index contributed by atoms with van der Waals surface area (Å²) in [7, 11) is 0. The fraction of sp³-hybridized carbons (Fsp3) is 0.273. The lowest BCUT2D eigenvalue weighted by Gasteiger charge is -2.17. The third-order valence-electron chi connectivity index (χ3n) is 4.45. The van der Waals surface area contributed by atoms with Crippen LogP contribution in [0.15, 0.2) is 42.5 Å². The molecule has 8 nitrogen and oxygen atoms in total. The maximum absolute atomic E-state index is 12.4. The number of hydrogen-bond donors (Lipinski definition) is 1. The van der Waals surface area contributed by atoms with Gasteiger partial charge in [-0.3, -0.25) is 19.3 Å². The first-order chi connectivity index (χ1) is 14.3. The molecule has 30 heavy (non-hydrogen) atoms. The lowest BCUT2D eigenvalue weighted by molar-refractivity contribution is -0.119. The average molecular weight is 410 g/mol. The summed E-state index contributed by atoms with van der Waals surface area (Å²) in [6.45, 7) is 5.40. The summed E-state index contributed by atoms with van der Waals surface area (Å²) < 4.78 is 10.4. The Balaban J connectivity index is 1.60. The van der Waals surface area contributed by atoms with Crippen molar-refractivity contribution in [1.82, 2.24) is 4.90 Å². The Morgan fingerprint density at radius 2 is 1.67 bits per heavy atom. The number of fused-ring (bicyclic) bond motifs is 1. The van der Waals surface area contributed by atoms with Crippen LogP contribution in [-0.2, 0) is 9.53 Å². The monoisotopic (exact) mass is 410 g/mol. The van der Waals surface area contributed by atoms with E-state index in [2.05, 4.69) is 5.32 Å².